The summed E-state index contributed by atoms with van der Waals surface area (Å²) in [5.41, 5.74) is 2.31. The molecule has 0 unspecified atom stereocenters. The van der Waals surface area contributed by atoms with Crippen molar-refractivity contribution in [1.82, 2.24) is 14.8 Å². The van der Waals surface area contributed by atoms with Crippen LogP contribution < -0.4 is 4.74 Å². The van der Waals surface area contributed by atoms with E-state index >= 15 is 0 Å². The monoisotopic (exact) mass is 316 g/mol. The first-order valence-corrected chi connectivity index (χ1v) is 7.44. The summed E-state index contributed by atoms with van der Waals surface area (Å²) in [5, 5.41) is 17.9. The molecule has 0 N–H and O–H groups in total. The number of nitrogens with zero attached hydrogens (tertiary/aromatic N) is 4. The number of nitriles is 1. The van der Waals surface area contributed by atoms with Gasteiger partial charge in [0.2, 0.25) is 0 Å². The Kier molecular flexibility index (Phi) is 4.39. The van der Waals surface area contributed by atoms with Crippen molar-refractivity contribution < 1.29 is 4.74 Å². The Morgan fingerprint density at radius 3 is 2.42 bits per heavy atom. The highest BCUT2D eigenvalue weighted by atomic mass is 16.5. The lowest BCUT2D eigenvalue weighted by Crippen LogP contribution is -1.98. The number of aromatic nitrogens is 3. The van der Waals surface area contributed by atoms with Crippen LogP contribution in [0.2, 0.25) is 0 Å². The van der Waals surface area contributed by atoms with E-state index in [-0.39, 0.29) is 0 Å². The van der Waals surface area contributed by atoms with E-state index in [1.807, 2.05) is 66.2 Å². The normalized spacial score (nSPS) is 11.1. The van der Waals surface area contributed by atoms with Gasteiger partial charge in [0.1, 0.15) is 11.8 Å². The fraction of sp³-hybridized carbons (Fsp3) is 0.105. The number of allylic oxidation sites excluding steroid dienone is 1. The van der Waals surface area contributed by atoms with Crippen LogP contribution in [-0.2, 0) is 7.05 Å². The molecule has 0 amide bonds. The van der Waals surface area contributed by atoms with Gasteiger partial charge >= 0.3 is 0 Å². The van der Waals surface area contributed by atoms with Crippen LogP contribution in [-0.4, -0.2) is 21.9 Å². The van der Waals surface area contributed by atoms with E-state index in [1.165, 1.54) is 0 Å². The molecular formula is C19H16N4O. The SMILES string of the molecule is COc1ccc(/C=C(/C#N)c2nnc(-c3ccccc3)n2C)cc1. The number of benzene rings is 2. The molecule has 0 atom stereocenters. The fourth-order valence-corrected chi connectivity index (χ4v) is 2.42. The minimum absolute atomic E-state index is 0.456. The molecule has 1 aromatic heterocycles. The van der Waals surface area contributed by atoms with Crippen molar-refractivity contribution in [3.63, 3.8) is 0 Å². The van der Waals surface area contributed by atoms with Crippen LogP contribution in [0, 0.1) is 11.3 Å². The second-order valence-corrected chi connectivity index (χ2v) is 5.22. The maximum absolute atomic E-state index is 9.52. The van der Waals surface area contributed by atoms with E-state index in [0.29, 0.717) is 11.4 Å². The first-order valence-electron chi connectivity index (χ1n) is 7.44. The van der Waals surface area contributed by atoms with Gasteiger partial charge in [0.15, 0.2) is 11.6 Å². The van der Waals surface area contributed by atoms with Crippen molar-refractivity contribution in [3.05, 3.63) is 66.0 Å². The van der Waals surface area contributed by atoms with Crippen LogP contribution in [0.1, 0.15) is 11.4 Å². The molecule has 0 aliphatic rings. The topological polar surface area (TPSA) is 63.7 Å². The number of hydrogen-bond acceptors (Lipinski definition) is 4. The van der Waals surface area contributed by atoms with Crippen LogP contribution in [0.3, 0.4) is 0 Å². The molecule has 1 heterocycles. The van der Waals surface area contributed by atoms with Gasteiger partial charge in [-0.3, -0.25) is 0 Å². The summed E-state index contributed by atoms with van der Waals surface area (Å²) in [5.74, 6) is 2.03. The van der Waals surface area contributed by atoms with Crippen molar-refractivity contribution in [2.75, 3.05) is 7.11 Å². The van der Waals surface area contributed by atoms with Crippen molar-refractivity contribution in [2.24, 2.45) is 7.05 Å². The quantitative estimate of drug-likeness (QED) is 0.690. The third-order valence-electron chi connectivity index (χ3n) is 3.70. The Morgan fingerprint density at radius 1 is 1.08 bits per heavy atom. The predicted molar refractivity (Wildman–Crippen MR) is 92.9 cm³/mol. The van der Waals surface area contributed by atoms with Crippen molar-refractivity contribution in [3.8, 4) is 23.2 Å². The Bertz CT molecular complexity index is 903. The second kappa shape index (κ2) is 6.80. The van der Waals surface area contributed by atoms with Gasteiger partial charge in [0, 0.05) is 12.6 Å². The predicted octanol–water partition coefficient (Wildman–Crippen LogP) is 3.55. The Hall–Kier alpha value is -3.39. The van der Waals surface area contributed by atoms with E-state index in [1.54, 1.807) is 13.2 Å². The molecule has 24 heavy (non-hydrogen) atoms. The van der Waals surface area contributed by atoms with E-state index < -0.39 is 0 Å². The van der Waals surface area contributed by atoms with E-state index in [2.05, 4.69) is 16.3 Å². The Labute approximate surface area is 140 Å². The molecule has 0 saturated carbocycles. The van der Waals surface area contributed by atoms with Crippen LogP contribution in [0.25, 0.3) is 23.0 Å². The van der Waals surface area contributed by atoms with Crippen LogP contribution in [0.5, 0.6) is 5.75 Å². The molecular weight excluding hydrogens is 300 g/mol. The summed E-state index contributed by atoms with van der Waals surface area (Å²) in [6, 6.07) is 19.5. The molecule has 0 aliphatic heterocycles. The zero-order valence-electron chi connectivity index (χ0n) is 13.5. The highest BCUT2D eigenvalue weighted by Crippen LogP contribution is 2.22. The minimum Gasteiger partial charge on any atom is -0.497 e. The maximum atomic E-state index is 9.52. The lowest BCUT2D eigenvalue weighted by molar-refractivity contribution is 0.415. The standard InChI is InChI=1S/C19H16N4O/c1-23-18(15-6-4-3-5-7-15)21-22-19(23)16(13-20)12-14-8-10-17(24-2)11-9-14/h3-12H,1-2H3/b16-12-. The molecule has 2 aromatic carbocycles. The number of ether oxygens (including phenoxy) is 1. The van der Waals surface area contributed by atoms with Crippen LogP contribution >= 0.6 is 0 Å². The van der Waals surface area contributed by atoms with E-state index in [4.69, 9.17) is 4.74 Å². The van der Waals surface area contributed by atoms with Gasteiger partial charge in [-0.25, -0.2) is 0 Å². The molecule has 0 fully saturated rings. The average molecular weight is 316 g/mol. The molecule has 0 spiro atoms. The van der Waals surface area contributed by atoms with Crippen LogP contribution in [0.4, 0.5) is 0 Å². The van der Waals surface area contributed by atoms with Gasteiger partial charge in [0.25, 0.3) is 0 Å². The maximum Gasteiger partial charge on any atom is 0.174 e. The van der Waals surface area contributed by atoms with E-state index in [0.717, 1.165) is 22.7 Å². The summed E-state index contributed by atoms with van der Waals surface area (Å²) in [6.07, 6.45) is 1.79. The molecule has 3 rings (SSSR count). The first-order chi connectivity index (χ1) is 11.7. The van der Waals surface area contributed by atoms with Gasteiger partial charge in [-0.2, -0.15) is 5.26 Å². The van der Waals surface area contributed by atoms with Gasteiger partial charge < -0.3 is 9.30 Å². The lowest BCUT2D eigenvalue weighted by Gasteiger charge is -2.04. The number of hydrogen-bond donors (Lipinski definition) is 0. The number of methoxy groups -OCH3 is 1. The van der Waals surface area contributed by atoms with Crippen molar-refractivity contribution >= 4 is 11.6 Å². The van der Waals surface area contributed by atoms with E-state index in [9.17, 15) is 5.26 Å². The van der Waals surface area contributed by atoms with Gasteiger partial charge in [-0.15, -0.1) is 10.2 Å². The van der Waals surface area contributed by atoms with Crippen molar-refractivity contribution in [2.45, 2.75) is 0 Å². The summed E-state index contributed by atoms with van der Waals surface area (Å²) >= 11 is 0. The summed E-state index contributed by atoms with van der Waals surface area (Å²) in [7, 11) is 3.48. The molecule has 0 saturated heterocycles. The minimum atomic E-state index is 0.456. The van der Waals surface area contributed by atoms with Gasteiger partial charge in [0.05, 0.1) is 12.7 Å². The van der Waals surface area contributed by atoms with Gasteiger partial charge in [-0.1, -0.05) is 42.5 Å². The molecule has 3 aromatic rings. The number of rotatable bonds is 4. The largest absolute Gasteiger partial charge is 0.497 e. The third kappa shape index (κ3) is 3.03. The fourth-order valence-electron chi connectivity index (χ4n) is 2.42. The molecule has 5 nitrogen and oxygen atoms in total. The Morgan fingerprint density at radius 2 is 1.79 bits per heavy atom. The summed E-state index contributed by atoms with van der Waals surface area (Å²) in [6.45, 7) is 0. The van der Waals surface area contributed by atoms with Gasteiger partial charge in [-0.05, 0) is 23.8 Å². The summed E-state index contributed by atoms with van der Waals surface area (Å²) < 4.78 is 6.97. The second-order valence-electron chi connectivity index (χ2n) is 5.22. The Balaban J connectivity index is 1.98. The third-order valence-corrected chi connectivity index (χ3v) is 3.70. The van der Waals surface area contributed by atoms with Crippen molar-refractivity contribution in [1.29, 1.82) is 5.26 Å². The molecule has 0 bridgehead atoms. The first kappa shape index (κ1) is 15.5. The molecule has 118 valence electrons. The highest BCUT2D eigenvalue weighted by molar-refractivity contribution is 5.87. The highest BCUT2D eigenvalue weighted by Gasteiger charge is 2.14. The smallest absolute Gasteiger partial charge is 0.174 e. The molecule has 5 heteroatoms. The lowest BCUT2D eigenvalue weighted by atomic mass is 10.1. The molecule has 0 radical (unpaired) electrons. The van der Waals surface area contributed by atoms with Crippen LogP contribution in [0.15, 0.2) is 54.6 Å². The summed E-state index contributed by atoms with van der Waals surface area (Å²) in [4.78, 5) is 0. The zero-order chi connectivity index (χ0) is 16.9. The zero-order valence-corrected chi connectivity index (χ0v) is 13.5. The average Bonchev–Trinajstić information content (AvgIpc) is 3.02. The molecule has 0 aliphatic carbocycles.